The monoisotopic (exact) mass is 306 g/mol. The van der Waals surface area contributed by atoms with Crippen LogP contribution in [0.1, 0.15) is 43.3 Å². The molecule has 0 saturated carbocycles. The number of likely N-dealkylation sites (tertiary alicyclic amines) is 2. The molecule has 3 heterocycles. The molecular formula is C15H22N4O3. The van der Waals surface area contributed by atoms with E-state index < -0.39 is 0 Å². The number of hydrogen-bond acceptors (Lipinski definition) is 5. The standard InChI is InChI=1S/C15H22N4O3/c1-10-16-14(22-17-10)11-4-7-19(8-5-11)15(21)12-3-6-18(2)13(20)9-12/h11-12H,3-9H2,1-2H3. The van der Waals surface area contributed by atoms with Crippen LogP contribution >= 0.6 is 0 Å². The third kappa shape index (κ3) is 2.98. The molecule has 0 N–H and O–H groups in total. The Morgan fingerprint density at radius 3 is 2.55 bits per heavy atom. The fourth-order valence-electron chi connectivity index (χ4n) is 3.24. The fourth-order valence-corrected chi connectivity index (χ4v) is 3.24. The van der Waals surface area contributed by atoms with Crippen LogP contribution in [0.4, 0.5) is 0 Å². The van der Waals surface area contributed by atoms with Crippen LogP contribution in [-0.2, 0) is 9.59 Å². The van der Waals surface area contributed by atoms with Crippen LogP contribution < -0.4 is 0 Å². The van der Waals surface area contributed by atoms with E-state index in [-0.39, 0.29) is 23.7 Å². The average molecular weight is 306 g/mol. The summed E-state index contributed by atoms with van der Waals surface area (Å²) < 4.78 is 5.23. The second-order valence-electron chi connectivity index (χ2n) is 6.28. The molecule has 2 saturated heterocycles. The molecule has 2 amide bonds. The van der Waals surface area contributed by atoms with E-state index >= 15 is 0 Å². The molecule has 0 aliphatic carbocycles. The Balaban J connectivity index is 1.55. The number of rotatable bonds is 2. The summed E-state index contributed by atoms with van der Waals surface area (Å²) in [5.74, 6) is 1.62. The van der Waals surface area contributed by atoms with E-state index in [2.05, 4.69) is 10.1 Å². The number of aryl methyl sites for hydroxylation is 1. The normalized spacial score (nSPS) is 23.9. The van der Waals surface area contributed by atoms with Crippen molar-refractivity contribution in [3.63, 3.8) is 0 Å². The molecule has 7 nitrogen and oxygen atoms in total. The topological polar surface area (TPSA) is 79.5 Å². The molecule has 0 radical (unpaired) electrons. The highest BCUT2D eigenvalue weighted by Gasteiger charge is 2.34. The first kappa shape index (κ1) is 15.0. The van der Waals surface area contributed by atoms with Gasteiger partial charge in [-0.05, 0) is 26.2 Å². The third-order valence-corrected chi connectivity index (χ3v) is 4.71. The molecule has 2 fully saturated rings. The van der Waals surface area contributed by atoms with Crippen molar-refractivity contribution >= 4 is 11.8 Å². The van der Waals surface area contributed by atoms with Gasteiger partial charge in [-0.25, -0.2) is 0 Å². The zero-order valence-electron chi connectivity index (χ0n) is 13.1. The zero-order chi connectivity index (χ0) is 15.7. The molecular weight excluding hydrogens is 284 g/mol. The largest absolute Gasteiger partial charge is 0.346 e. The van der Waals surface area contributed by atoms with Gasteiger partial charge in [0.15, 0.2) is 5.82 Å². The molecule has 22 heavy (non-hydrogen) atoms. The Bertz CT molecular complexity index is 563. The minimum absolute atomic E-state index is 0.0702. The second-order valence-corrected chi connectivity index (χ2v) is 6.28. The number of carbonyl (C=O) groups excluding carboxylic acids is 2. The lowest BCUT2D eigenvalue weighted by Crippen LogP contribution is -2.46. The van der Waals surface area contributed by atoms with Gasteiger partial charge in [0, 0.05) is 44.9 Å². The first-order chi connectivity index (χ1) is 10.5. The van der Waals surface area contributed by atoms with Crippen LogP contribution in [-0.4, -0.2) is 58.4 Å². The van der Waals surface area contributed by atoms with Gasteiger partial charge in [-0.1, -0.05) is 5.16 Å². The SMILES string of the molecule is Cc1noc(C2CCN(C(=O)C3CCN(C)C(=O)C3)CC2)n1. The van der Waals surface area contributed by atoms with E-state index in [1.165, 1.54) is 0 Å². The maximum Gasteiger partial charge on any atom is 0.229 e. The first-order valence-electron chi connectivity index (χ1n) is 7.87. The lowest BCUT2D eigenvalue weighted by Gasteiger charge is -2.35. The molecule has 7 heteroatoms. The van der Waals surface area contributed by atoms with Crippen LogP contribution in [0.25, 0.3) is 0 Å². The Labute approximate surface area is 129 Å². The van der Waals surface area contributed by atoms with E-state index in [0.717, 1.165) is 19.3 Å². The summed E-state index contributed by atoms with van der Waals surface area (Å²) in [5.41, 5.74) is 0. The van der Waals surface area contributed by atoms with E-state index in [1.807, 2.05) is 11.8 Å². The summed E-state index contributed by atoms with van der Waals surface area (Å²) >= 11 is 0. The smallest absolute Gasteiger partial charge is 0.229 e. The number of aromatic nitrogens is 2. The van der Waals surface area contributed by atoms with Crippen molar-refractivity contribution in [2.24, 2.45) is 5.92 Å². The van der Waals surface area contributed by atoms with Crippen LogP contribution in [0.2, 0.25) is 0 Å². The molecule has 2 aliphatic rings. The highest BCUT2D eigenvalue weighted by Crippen LogP contribution is 2.29. The van der Waals surface area contributed by atoms with Crippen molar-refractivity contribution < 1.29 is 14.1 Å². The van der Waals surface area contributed by atoms with Crippen molar-refractivity contribution in [1.29, 1.82) is 0 Å². The predicted octanol–water partition coefficient (Wildman–Crippen LogP) is 0.952. The molecule has 1 aromatic rings. The van der Waals surface area contributed by atoms with Crippen molar-refractivity contribution in [3.8, 4) is 0 Å². The lowest BCUT2D eigenvalue weighted by molar-refractivity contribution is -0.145. The third-order valence-electron chi connectivity index (χ3n) is 4.71. The van der Waals surface area contributed by atoms with Gasteiger partial charge in [-0.3, -0.25) is 9.59 Å². The summed E-state index contributed by atoms with van der Waals surface area (Å²) in [4.78, 5) is 32.2. The van der Waals surface area contributed by atoms with E-state index in [1.54, 1.807) is 11.9 Å². The second kappa shape index (κ2) is 6.06. The number of nitrogens with zero attached hydrogens (tertiary/aromatic N) is 4. The summed E-state index contributed by atoms with van der Waals surface area (Å²) in [5, 5.41) is 3.83. The number of carbonyl (C=O) groups is 2. The highest BCUT2D eigenvalue weighted by atomic mass is 16.5. The first-order valence-corrected chi connectivity index (χ1v) is 7.87. The molecule has 0 bridgehead atoms. The van der Waals surface area contributed by atoms with E-state index in [4.69, 9.17) is 4.52 Å². The number of piperidine rings is 2. The minimum atomic E-state index is -0.147. The number of hydrogen-bond donors (Lipinski definition) is 0. The summed E-state index contributed by atoms with van der Waals surface area (Å²) in [6.07, 6.45) is 2.80. The Morgan fingerprint density at radius 1 is 1.23 bits per heavy atom. The van der Waals surface area contributed by atoms with E-state index in [0.29, 0.717) is 37.8 Å². The molecule has 0 aromatic carbocycles. The molecule has 0 spiro atoms. The van der Waals surface area contributed by atoms with Crippen LogP contribution in [0.15, 0.2) is 4.52 Å². The summed E-state index contributed by atoms with van der Waals surface area (Å²) in [7, 11) is 1.79. The molecule has 1 atom stereocenters. The van der Waals surface area contributed by atoms with Gasteiger partial charge in [0.05, 0.1) is 0 Å². The zero-order valence-corrected chi connectivity index (χ0v) is 13.1. The quantitative estimate of drug-likeness (QED) is 0.813. The van der Waals surface area contributed by atoms with Crippen LogP contribution in [0, 0.1) is 12.8 Å². The summed E-state index contributed by atoms with van der Waals surface area (Å²) in [6, 6.07) is 0. The van der Waals surface area contributed by atoms with Crippen LogP contribution in [0.5, 0.6) is 0 Å². The number of amides is 2. The van der Waals surface area contributed by atoms with Crippen LogP contribution in [0.3, 0.4) is 0 Å². The van der Waals surface area contributed by atoms with Gasteiger partial charge in [0.1, 0.15) is 0 Å². The summed E-state index contributed by atoms with van der Waals surface area (Å²) in [6.45, 7) is 3.88. The Hall–Kier alpha value is -1.92. The average Bonchev–Trinajstić information content (AvgIpc) is 2.96. The van der Waals surface area contributed by atoms with Gasteiger partial charge in [0.2, 0.25) is 17.7 Å². The van der Waals surface area contributed by atoms with Gasteiger partial charge in [-0.15, -0.1) is 0 Å². The highest BCUT2D eigenvalue weighted by molar-refractivity contribution is 5.86. The molecule has 2 aliphatic heterocycles. The molecule has 1 aromatic heterocycles. The van der Waals surface area contributed by atoms with Gasteiger partial charge in [0.25, 0.3) is 0 Å². The fraction of sp³-hybridized carbons (Fsp3) is 0.733. The Morgan fingerprint density at radius 2 is 1.95 bits per heavy atom. The lowest BCUT2D eigenvalue weighted by atomic mass is 9.92. The molecule has 1 unspecified atom stereocenters. The molecule has 120 valence electrons. The maximum atomic E-state index is 12.6. The minimum Gasteiger partial charge on any atom is -0.346 e. The van der Waals surface area contributed by atoms with Gasteiger partial charge in [-0.2, -0.15) is 4.98 Å². The maximum absolute atomic E-state index is 12.6. The van der Waals surface area contributed by atoms with E-state index in [9.17, 15) is 9.59 Å². The van der Waals surface area contributed by atoms with Crippen molar-refractivity contribution in [1.82, 2.24) is 19.9 Å². The predicted molar refractivity (Wildman–Crippen MR) is 78.0 cm³/mol. The molecule has 3 rings (SSSR count). The van der Waals surface area contributed by atoms with Crippen molar-refractivity contribution in [3.05, 3.63) is 11.7 Å². The van der Waals surface area contributed by atoms with Crippen molar-refractivity contribution in [2.75, 3.05) is 26.7 Å². The Kier molecular flexibility index (Phi) is 4.13. The van der Waals surface area contributed by atoms with Crippen molar-refractivity contribution in [2.45, 2.75) is 38.5 Å². The van der Waals surface area contributed by atoms with Gasteiger partial charge >= 0.3 is 0 Å². The van der Waals surface area contributed by atoms with Gasteiger partial charge < -0.3 is 14.3 Å².